The van der Waals surface area contributed by atoms with Crippen LogP contribution in [0.2, 0.25) is 5.02 Å². The van der Waals surface area contributed by atoms with E-state index in [9.17, 15) is 25.5 Å². The molecule has 1 aromatic carbocycles. The monoisotopic (exact) mass is 421 g/mol. The Labute approximate surface area is 170 Å². The van der Waals surface area contributed by atoms with Crippen molar-refractivity contribution in [2.45, 2.75) is 24.1 Å². The van der Waals surface area contributed by atoms with Gasteiger partial charge in [-0.05, 0) is 23.8 Å². The number of benzene rings is 1. The highest BCUT2D eigenvalue weighted by molar-refractivity contribution is 6.32. The molecule has 3 aromatic rings. The first-order valence-electron chi connectivity index (χ1n) is 8.88. The Kier molecular flexibility index (Phi) is 4.97. The molecule has 29 heavy (non-hydrogen) atoms. The summed E-state index contributed by atoms with van der Waals surface area (Å²) in [6.07, 6.45) is -1.58. The lowest BCUT2D eigenvalue weighted by Crippen LogP contribution is -2.76. The first-order valence-corrected chi connectivity index (χ1v) is 9.26. The maximum absolute atomic E-state index is 10.5. The Morgan fingerprint density at radius 1 is 1.24 bits per heavy atom. The van der Waals surface area contributed by atoms with Crippen LogP contribution in [0, 0.1) is 5.92 Å². The van der Waals surface area contributed by atoms with Crippen LogP contribution in [-0.4, -0.2) is 70.8 Å². The number of aliphatic hydroxyl groups excluding tert-OH is 4. The molecule has 10 heteroatoms. The molecule has 2 heterocycles. The molecule has 1 aliphatic rings. The third-order valence-electron chi connectivity index (χ3n) is 5.45. The van der Waals surface area contributed by atoms with Crippen LogP contribution in [0.4, 0.5) is 0 Å². The lowest BCUT2D eigenvalue weighted by atomic mass is 9.64. The highest BCUT2D eigenvalue weighted by Crippen LogP contribution is 2.43. The average molecular weight is 422 g/mol. The van der Waals surface area contributed by atoms with E-state index in [2.05, 4.69) is 9.97 Å². The normalized spacial score (nSPS) is 27.6. The lowest BCUT2D eigenvalue weighted by Gasteiger charge is -2.53. The minimum Gasteiger partial charge on any atom is -0.460 e. The number of aliphatic hydroxyl groups is 5. The number of ether oxygens (including phenoxy) is 1. The maximum atomic E-state index is 10.5. The molecule has 0 bridgehead atoms. The summed E-state index contributed by atoms with van der Waals surface area (Å²) in [5.74, 6) is -1.09. The summed E-state index contributed by atoms with van der Waals surface area (Å²) in [4.78, 5) is 8.65. The van der Waals surface area contributed by atoms with Crippen LogP contribution < -0.4 is 4.74 Å². The number of pyridine rings is 1. The van der Waals surface area contributed by atoms with E-state index >= 15 is 0 Å². The first kappa shape index (κ1) is 20.0. The molecule has 1 aliphatic carbocycles. The van der Waals surface area contributed by atoms with Crippen LogP contribution >= 0.6 is 11.6 Å². The fourth-order valence-corrected chi connectivity index (χ4v) is 3.84. The van der Waals surface area contributed by atoms with Gasteiger partial charge in [0.2, 0.25) is 6.29 Å². The summed E-state index contributed by atoms with van der Waals surface area (Å²) < 4.78 is 7.13. The van der Waals surface area contributed by atoms with E-state index in [4.69, 9.17) is 16.3 Å². The van der Waals surface area contributed by atoms with Crippen LogP contribution in [0.1, 0.15) is 0 Å². The third kappa shape index (κ3) is 3.07. The Balaban J connectivity index is 1.57. The van der Waals surface area contributed by atoms with Gasteiger partial charge in [-0.2, -0.15) is 0 Å². The second-order valence-corrected chi connectivity index (χ2v) is 7.56. The summed E-state index contributed by atoms with van der Waals surface area (Å²) in [5.41, 5.74) is 0.775. The average Bonchev–Trinajstić information content (AvgIpc) is 3.09. The summed E-state index contributed by atoms with van der Waals surface area (Å²) in [5, 5.41) is 49.6. The molecule has 9 nitrogen and oxygen atoms in total. The predicted octanol–water partition coefficient (Wildman–Crippen LogP) is 0.0609. The van der Waals surface area contributed by atoms with Crippen LogP contribution in [-0.2, 0) is 7.05 Å². The van der Waals surface area contributed by atoms with E-state index in [1.807, 2.05) is 13.1 Å². The number of halogens is 1. The molecule has 2 aromatic heterocycles. The van der Waals surface area contributed by atoms with Gasteiger partial charge in [0.25, 0.3) is 0 Å². The topological polar surface area (TPSA) is 141 Å². The van der Waals surface area contributed by atoms with Crippen LogP contribution in [0.25, 0.3) is 22.3 Å². The number of nitrogens with zero attached hydrogens (tertiary/aromatic N) is 3. The third-order valence-corrected chi connectivity index (χ3v) is 5.75. The second kappa shape index (κ2) is 7.21. The smallest absolute Gasteiger partial charge is 0.229 e. The molecule has 3 unspecified atom stereocenters. The molecule has 0 spiro atoms. The van der Waals surface area contributed by atoms with Crippen molar-refractivity contribution >= 4 is 22.8 Å². The SMILES string of the molecule is Cn1cnc2cc(-c3ccc(O[C@@H](O)C4(O)C(O)[C@H](O)C4CO)c(Cl)c3)cnc21. The molecule has 0 amide bonds. The van der Waals surface area contributed by atoms with Crippen molar-refractivity contribution in [2.24, 2.45) is 13.0 Å². The summed E-state index contributed by atoms with van der Waals surface area (Å²) in [6.45, 7) is -0.634. The van der Waals surface area contributed by atoms with Gasteiger partial charge in [-0.1, -0.05) is 17.7 Å². The van der Waals surface area contributed by atoms with Gasteiger partial charge in [-0.25, -0.2) is 9.97 Å². The highest BCUT2D eigenvalue weighted by Gasteiger charge is 2.65. The number of hydrogen-bond donors (Lipinski definition) is 5. The number of aryl methyl sites for hydroxylation is 1. The van der Waals surface area contributed by atoms with Crippen LogP contribution in [0.5, 0.6) is 5.75 Å². The van der Waals surface area contributed by atoms with Crippen molar-refractivity contribution in [1.82, 2.24) is 14.5 Å². The van der Waals surface area contributed by atoms with Gasteiger partial charge in [0.15, 0.2) is 11.2 Å². The van der Waals surface area contributed by atoms with E-state index in [-0.39, 0.29) is 10.8 Å². The van der Waals surface area contributed by atoms with E-state index in [0.29, 0.717) is 0 Å². The van der Waals surface area contributed by atoms with Gasteiger partial charge in [-0.15, -0.1) is 0 Å². The quantitative estimate of drug-likeness (QED) is 0.364. The van der Waals surface area contributed by atoms with Crippen molar-refractivity contribution in [1.29, 1.82) is 0 Å². The van der Waals surface area contributed by atoms with Gasteiger partial charge in [-0.3, -0.25) is 0 Å². The van der Waals surface area contributed by atoms with Crippen LogP contribution in [0.3, 0.4) is 0 Å². The zero-order valence-corrected chi connectivity index (χ0v) is 16.1. The van der Waals surface area contributed by atoms with Crippen molar-refractivity contribution in [3.05, 3.63) is 41.8 Å². The van der Waals surface area contributed by atoms with E-state index in [1.54, 1.807) is 29.2 Å². The van der Waals surface area contributed by atoms with Crippen molar-refractivity contribution in [3.8, 4) is 16.9 Å². The fraction of sp³-hybridized carbons (Fsp3) is 0.368. The lowest BCUT2D eigenvalue weighted by molar-refractivity contribution is -0.332. The fourth-order valence-electron chi connectivity index (χ4n) is 3.62. The van der Waals surface area contributed by atoms with Gasteiger partial charge in [0.05, 0.1) is 24.1 Å². The van der Waals surface area contributed by atoms with Crippen molar-refractivity contribution in [3.63, 3.8) is 0 Å². The van der Waals surface area contributed by atoms with Gasteiger partial charge < -0.3 is 34.8 Å². The second-order valence-electron chi connectivity index (χ2n) is 7.15. The first-order chi connectivity index (χ1) is 13.8. The standard InChI is InChI=1S/C19H20ClN3O6/c1-23-8-22-13-5-10(6-21-17(13)23)9-2-3-14(12(20)4-9)29-18(27)19(28)11(7-24)15(25)16(19)26/h2-6,8,11,15-16,18,24-28H,7H2,1H3/t11?,15-,16?,18-,19?/m1/s1. The predicted molar refractivity (Wildman–Crippen MR) is 103 cm³/mol. The molecular formula is C19H20ClN3O6. The minimum absolute atomic E-state index is 0.0634. The molecule has 5 atom stereocenters. The van der Waals surface area contributed by atoms with Gasteiger partial charge in [0, 0.05) is 24.7 Å². The Morgan fingerprint density at radius 2 is 2.00 bits per heavy atom. The summed E-state index contributed by atoms with van der Waals surface area (Å²) in [6, 6.07) is 6.67. The number of aromatic nitrogens is 3. The molecule has 4 rings (SSSR count). The molecule has 1 saturated carbocycles. The largest absolute Gasteiger partial charge is 0.460 e. The number of imidazole rings is 1. The molecule has 0 saturated heterocycles. The Bertz CT molecular complexity index is 1060. The number of rotatable bonds is 5. The van der Waals surface area contributed by atoms with Crippen LogP contribution in [0.15, 0.2) is 36.8 Å². The zero-order chi connectivity index (χ0) is 20.9. The molecular weight excluding hydrogens is 402 g/mol. The Hall–Kier alpha value is -2.27. The summed E-state index contributed by atoms with van der Waals surface area (Å²) in [7, 11) is 1.85. The zero-order valence-electron chi connectivity index (χ0n) is 15.3. The number of hydrogen-bond acceptors (Lipinski definition) is 8. The Morgan fingerprint density at radius 3 is 2.69 bits per heavy atom. The molecule has 1 fully saturated rings. The van der Waals surface area contributed by atoms with Gasteiger partial charge in [0.1, 0.15) is 17.4 Å². The highest BCUT2D eigenvalue weighted by atomic mass is 35.5. The van der Waals surface area contributed by atoms with E-state index in [1.165, 1.54) is 6.07 Å². The van der Waals surface area contributed by atoms with E-state index in [0.717, 1.165) is 22.3 Å². The summed E-state index contributed by atoms with van der Waals surface area (Å²) >= 11 is 6.27. The van der Waals surface area contributed by atoms with E-state index < -0.39 is 36.6 Å². The molecule has 5 N–H and O–H groups in total. The van der Waals surface area contributed by atoms with Gasteiger partial charge >= 0.3 is 0 Å². The maximum Gasteiger partial charge on any atom is 0.229 e. The minimum atomic E-state index is -2.22. The number of fused-ring (bicyclic) bond motifs is 1. The molecule has 0 aliphatic heterocycles. The van der Waals surface area contributed by atoms with Crippen molar-refractivity contribution < 1.29 is 30.3 Å². The molecule has 154 valence electrons. The van der Waals surface area contributed by atoms with Crippen molar-refractivity contribution in [2.75, 3.05) is 6.61 Å². The molecule has 0 radical (unpaired) electrons.